The molecule has 1 aromatic rings. The van der Waals surface area contributed by atoms with E-state index in [-0.39, 0.29) is 22.4 Å². The predicted octanol–water partition coefficient (Wildman–Crippen LogP) is 1.27. The molecular weight excluding hydrogens is 264 g/mol. The number of benzene rings is 1. The van der Waals surface area contributed by atoms with Crippen LogP contribution in [0.4, 0.5) is 0 Å². The number of hydrogen-bond donors (Lipinski definition) is 1. The first kappa shape index (κ1) is 14.0. The molecule has 1 saturated carbocycles. The molecule has 19 heavy (non-hydrogen) atoms. The molecule has 1 aliphatic rings. The van der Waals surface area contributed by atoms with Gasteiger partial charge in [0, 0.05) is 12.6 Å². The summed E-state index contributed by atoms with van der Waals surface area (Å²) in [6.45, 7) is 4.28. The Kier molecular flexibility index (Phi) is 3.64. The van der Waals surface area contributed by atoms with Crippen LogP contribution in [0.15, 0.2) is 23.1 Å². The fourth-order valence-corrected chi connectivity index (χ4v) is 2.88. The SMILES string of the molecule is CCN(C(=O)c1cc(C)ccc1S(N)(=O)=O)C1CC1. The lowest BCUT2D eigenvalue weighted by Crippen LogP contribution is -2.34. The third-order valence-electron chi connectivity index (χ3n) is 3.26. The molecule has 0 atom stereocenters. The van der Waals surface area contributed by atoms with E-state index in [1.54, 1.807) is 17.0 Å². The van der Waals surface area contributed by atoms with Gasteiger partial charge in [-0.15, -0.1) is 0 Å². The molecule has 0 spiro atoms. The summed E-state index contributed by atoms with van der Waals surface area (Å²) in [5.74, 6) is -0.252. The highest BCUT2D eigenvalue weighted by molar-refractivity contribution is 7.89. The van der Waals surface area contributed by atoms with Crippen molar-refractivity contribution in [2.45, 2.75) is 37.6 Å². The molecule has 0 unspecified atom stereocenters. The maximum Gasteiger partial charge on any atom is 0.255 e. The van der Waals surface area contributed by atoms with Gasteiger partial charge >= 0.3 is 0 Å². The molecule has 104 valence electrons. The lowest BCUT2D eigenvalue weighted by molar-refractivity contribution is 0.0748. The summed E-state index contributed by atoms with van der Waals surface area (Å²) in [5.41, 5.74) is 1.01. The first-order valence-corrected chi connectivity index (χ1v) is 7.83. The van der Waals surface area contributed by atoms with Crippen LogP contribution in [0.5, 0.6) is 0 Å². The maximum atomic E-state index is 12.5. The van der Waals surface area contributed by atoms with Gasteiger partial charge in [0.1, 0.15) is 0 Å². The summed E-state index contributed by atoms with van der Waals surface area (Å²) in [6.07, 6.45) is 1.96. The van der Waals surface area contributed by atoms with Crippen molar-refractivity contribution in [3.05, 3.63) is 29.3 Å². The minimum atomic E-state index is -3.89. The summed E-state index contributed by atoms with van der Waals surface area (Å²) in [6, 6.07) is 4.88. The predicted molar refractivity (Wildman–Crippen MR) is 72.3 cm³/mol. The fraction of sp³-hybridized carbons (Fsp3) is 0.462. The number of rotatable bonds is 4. The number of hydrogen-bond acceptors (Lipinski definition) is 3. The van der Waals surface area contributed by atoms with Crippen molar-refractivity contribution >= 4 is 15.9 Å². The highest BCUT2D eigenvalue weighted by atomic mass is 32.2. The van der Waals surface area contributed by atoms with Gasteiger partial charge < -0.3 is 4.90 Å². The minimum Gasteiger partial charge on any atom is -0.336 e. The van der Waals surface area contributed by atoms with E-state index >= 15 is 0 Å². The van der Waals surface area contributed by atoms with Crippen molar-refractivity contribution in [3.63, 3.8) is 0 Å². The van der Waals surface area contributed by atoms with Crippen molar-refractivity contribution < 1.29 is 13.2 Å². The second-order valence-electron chi connectivity index (χ2n) is 4.87. The van der Waals surface area contributed by atoms with Gasteiger partial charge in [-0.1, -0.05) is 11.6 Å². The topological polar surface area (TPSA) is 80.5 Å². The van der Waals surface area contributed by atoms with Crippen LogP contribution in [0.25, 0.3) is 0 Å². The molecule has 2 rings (SSSR count). The van der Waals surface area contributed by atoms with Gasteiger partial charge in [0.05, 0.1) is 10.5 Å². The molecule has 0 aliphatic heterocycles. The first-order valence-electron chi connectivity index (χ1n) is 6.29. The zero-order valence-electron chi connectivity index (χ0n) is 11.1. The quantitative estimate of drug-likeness (QED) is 0.903. The zero-order chi connectivity index (χ0) is 14.2. The standard InChI is InChI=1S/C13H18N2O3S/c1-3-15(10-5-6-10)13(16)11-8-9(2)4-7-12(11)19(14,17)18/h4,7-8,10H,3,5-6H2,1-2H3,(H2,14,17,18). The molecule has 5 nitrogen and oxygen atoms in total. The fourth-order valence-electron chi connectivity index (χ4n) is 2.17. The van der Waals surface area contributed by atoms with Crippen LogP contribution in [0, 0.1) is 6.92 Å². The van der Waals surface area contributed by atoms with E-state index in [0.717, 1.165) is 18.4 Å². The number of amides is 1. The number of nitrogens with two attached hydrogens (primary N) is 1. The summed E-state index contributed by atoms with van der Waals surface area (Å²) in [7, 11) is -3.89. The smallest absolute Gasteiger partial charge is 0.255 e. The zero-order valence-corrected chi connectivity index (χ0v) is 11.9. The van der Waals surface area contributed by atoms with Crippen LogP contribution >= 0.6 is 0 Å². The van der Waals surface area contributed by atoms with Crippen molar-refractivity contribution in [2.24, 2.45) is 5.14 Å². The van der Waals surface area contributed by atoms with Crippen molar-refractivity contribution in [3.8, 4) is 0 Å². The van der Waals surface area contributed by atoms with Crippen LogP contribution in [-0.4, -0.2) is 31.8 Å². The van der Waals surface area contributed by atoms with Crippen LogP contribution in [0.2, 0.25) is 0 Å². The second-order valence-corrected chi connectivity index (χ2v) is 6.40. The van der Waals surface area contributed by atoms with Crippen LogP contribution in [0.1, 0.15) is 35.7 Å². The number of primary sulfonamides is 1. The summed E-state index contributed by atoms with van der Waals surface area (Å²) in [5, 5.41) is 5.18. The van der Waals surface area contributed by atoms with Gasteiger partial charge in [-0.25, -0.2) is 13.6 Å². The normalized spacial score (nSPS) is 15.3. The van der Waals surface area contributed by atoms with E-state index in [0.29, 0.717) is 6.54 Å². The number of aryl methyl sites for hydroxylation is 1. The highest BCUT2D eigenvalue weighted by Gasteiger charge is 2.33. The molecule has 6 heteroatoms. The van der Waals surface area contributed by atoms with Crippen LogP contribution in [-0.2, 0) is 10.0 Å². The minimum absolute atomic E-state index is 0.0952. The van der Waals surface area contributed by atoms with E-state index < -0.39 is 10.0 Å². The third kappa shape index (κ3) is 2.96. The Hall–Kier alpha value is -1.40. The van der Waals surface area contributed by atoms with Crippen molar-refractivity contribution in [2.75, 3.05) is 6.54 Å². The highest BCUT2D eigenvalue weighted by Crippen LogP contribution is 2.29. The molecule has 0 radical (unpaired) electrons. The van der Waals surface area contributed by atoms with Gasteiger partial charge in [-0.05, 0) is 38.8 Å². The number of nitrogens with zero attached hydrogens (tertiary/aromatic N) is 1. The summed E-state index contributed by atoms with van der Waals surface area (Å²) >= 11 is 0. The Balaban J connectivity index is 2.48. The average molecular weight is 282 g/mol. The number of carbonyl (C=O) groups excluding carboxylic acids is 1. The van der Waals surface area contributed by atoms with Crippen LogP contribution < -0.4 is 5.14 Å². The van der Waals surface area contributed by atoms with E-state index in [4.69, 9.17) is 5.14 Å². The van der Waals surface area contributed by atoms with Gasteiger partial charge in [0.15, 0.2) is 0 Å². The Bertz CT molecular complexity index is 606. The van der Waals surface area contributed by atoms with Crippen molar-refractivity contribution in [1.82, 2.24) is 4.90 Å². The molecule has 1 fully saturated rings. The van der Waals surface area contributed by atoms with E-state index in [1.165, 1.54) is 6.07 Å². The summed E-state index contributed by atoms with van der Waals surface area (Å²) < 4.78 is 23.1. The Labute approximate surface area is 113 Å². The molecule has 0 bridgehead atoms. The molecule has 1 aliphatic carbocycles. The van der Waals surface area contributed by atoms with Gasteiger partial charge in [-0.3, -0.25) is 4.79 Å². The Morgan fingerprint density at radius 2 is 2.05 bits per heavy atom. The van der Waals surface area contributed by atoms with Gasteiger partial charge in [0.2, 0.25) is 10.0 Å². The third-order valence-corrected chi connectivity index (χ3v) is 4.23. The number of sulfonamides is 1. The Morgan fingerprint density at radius 1 is 1.42 bits per heavy atom. The lowest BCUT2D eigenvalue weighted by atomic mass is 10.1. The molecule has 2 N–H and O–H groups in total. The average Bonchev–Trinajstić information content (AvgIpc) is 3.12. The molecule has 0 aromatic heterocycles. The van der Waals surface area contributed by atoms with Crippen molar-refractivity contribution in [1.29, 1.82) is 0 Å². The van der Waals surface area contributed by atoms with Gasteiger partial charge in [-0.2, -0.15) is 0 Å². The maximum absolute atomic E-state index is 12.5. The summed E-state index contributed by atoms with van der Waals surface area (Å²) in [4.78, 5) is 14.1. The molecular formula is C13H18N2O3S. The van der Waals surface area contributed by atoms with E-state index in [9.17, 15) is 13.2 Å². The van der Waals surface area contributed by atoms with E-state index in [1.807, 2.05) is 13.8 Å². The van der Waals surface area contributed by atoms with Crippen LogP contribution in [0.3, 0.4) is 0 Å². The molecule has 0 saturated heterocycles. The first-order chi connectivity index (χ1) is 8.84. The van der Waals surface area contributed by atoms with Gasteiger partial charge in [0.25, 0.3) is 5.91 Å². The second kappa shape index (κ2) is 4.94. The van der Waals surface area contributed by atoms with E-state index in [2.05, 4.69) is 0 Å². The monoisotopic (exact) mass is 282 g/mol. The lowest BCUT2D eigenvalue weighted by Gasteiger charge is -2.21. The molecule has 0 heterocycles. The molecule has 1 amide bonds. The molecule has 1 aromatic carbocycles. The largest absolute Gasteiger partial charge is 0.336 e. The number of carbonyl (C=O) groups is 1. The Morgan fingerprint density at radius 3 is 2.53 bits per heavy atom.